The van der Waals surface area contributed by atoms with Gasteiger partial charge in [0, 0.05) is 12.1 Å². The molecule has 0 unspecified atom stereocenters. The van der Waals surface area contributed by atoms with Crippen LogP contribution in [0.25, 0.3) is 0 Å². The molecule has 0 aliphatic rings. The zero-order valence-corrected chi connectivity index (χ0v) is 7.42. The Balaban J connectivity index is 2.88. The van der Waals surface area contributed by atoms with Crippen molar-refractivity contribution in [3.05, 3.63) is 35.4 Å². The lowest BCUT2D eigenvalue weighted by Gasteiger charge is -2.01. The van der Waals surface area contributed by atoms with Gasteiger partial charge in [-0.05, 0) is 25.6 Å². The Morgan fingerprint density at radius 2 is 2.25 bits per heavy atom. The molecule has 0 aromatic heterocycles. The van der Waals surface area contributed by atoms with Gasteiger partial charge in [-0.3, -0.25) is 4.79 Å². The molecule has 0 saturated heterocycles. The molecule has 0 fully saturated rings. The normalized spacial score (nSPS) is 9.83. The van der Waals surface area contributed by atoms with Crippen LogP contribution in [0.15, 0.2) is 24.3 Å². The third kappa shape index (κ3) is 2.17. The van der Waals surface area contributed by atoms with Crippen LogP contribution in [0.3, 0.4) is 0 Å². The molecule has 0 radical (unpaired) electrons. The standard InChI is InChI=1S/C10H13NO/c1-8(12)10-5-3-4-9(6-10)7-11-2/h3-6,11H,7H2,1-2H3. The number of Topliss-reactive ketones (excluding diaryl/α,β-unsaturated/α-hetero) is 1. The Bertz CT molecular complexity index is 281. The van der Waals surface area contributed by atoms with Gasteiger partial charge in [-0.1, -0.05) is 18.2 Å². The van der Waals surface area contributed by atoms with E-state index in [-0.39, 0.29) is 5.78 Å². The average molecular weight is 163 g/mol. The van der Waals surface area contributed by atoms with E-state index in [1.54, 1.807) is 6.92 Å². The fourth-order valence-electron chi connectivity index (χ4n) is 1.10. The highest BCUT2D eigenvalue weighted by molar-refractivity contribution is 5.94. The first-order valence-electron chi connectivity index (χ1n) is 3.98. The highest BCUT2D eigenvalue weighted by atomic mass is 16.1. The van der Waals surface area contributed by atoms with Crippen LogP contribution in [0.5, 0.6) is 0 Å². The number of benzene rings is 1. The molecule has 0 saturated carbocycles. The smallest absolute Gasteiger partial charge is 0.159 e. The van der Waals surface area contributed by atoms with E-state index in [9.17, 15) is 4.79 Å². The molecule has 0 amide bonds. The molecule has 0 bridgehead atoms. The number of carbonyl (C=O) groups is 1. The van der Waals surface area contributed by atoms with Crippen LogP contribution in [-0.2, 0) is 6.54 Å². The molecule has 2 nitrogen and oxygen atoms in total. The summed E-state index contributed by atoms with van der Waals surface area (Å²) in [6.45, 7) is 2.39. The predicted molar refractivity (Wildman–Crippen MR) is 49.2 cm³/mol. The molecule has 0 atom stereocenters. The van der Waals surface area contributed by atoms with Crippen molar-refractivity contribution >= 4 is 5.78 Å². The molecular formula is C10H13NO. The summed E-state index contributed by atoms with van der Waals surface area (Å²) in [5.74, 6) is 0.118. The van der Waals surface area contributed by atoms with Gasteiger partial charge in [0.15, 0.2) is 5.78 Å². The third-order valence-corrected chi connectivity index (χ3v) is 1.71. The highest BCUT2D eigenvalue weighted by Crippen LogP contribution is 2.05. The largest absolute Gasteiger partial charge is 0.316 e. The van der Waals surface area contributed by atoms with Crippen LogP contribution in [0.1, 0.15) is 22.8 Å². The topological polar surface area (TPSA) is 29.1 Å². The summed E-state index contributed by atoms with van der Waals surface area (Å²) in [5.41, 5.74) is 1.92. The molecule has 64 valence electrons. The van der Waals surface area contributed by atoms with Crippen molar-refractivity contribution in [3.8, 4) is 0 Å². The van der Waals surface area contributed by atoms with Crippen molar-refractivity contribution < 1.29 is 4.79 Å². The maximum Gasteiger partial charge on any atom is 0.159 e. The Kier molecular flexibility index (Phi) is 3.00. The molecule has 0 spiro atoms. The van der Waals surface area contributed by atoms with Crippen molar-refractivity contribution in [1.29, 1.82) is 0 Å². The predicted octanol–water partition coefficient (Wildman–Crippen LogP) is 1.61. The maximum atomic E-state index is 11.0. The van der Waals surface area contributed by atoms with Gasteiger partial charge >= 0.3 is 0 Å². The first kappa shape index (κ1) is 8.94. The summed E-state index contributed by atoms with van der Waals surface area (Å²) in [5, 5.41) is 3.04. The summed E-state index contributed by atoms with van der Waals surface area (Å²) in [7, 11) is 1.89. The number of carbonyl (C=O) groups excluding carboxylic acids is 1. The summed E-state index contributed by atoms with van der Waals surface area (Å²) in [6.07, 6.45) is 0. The van der Waals surface area contributed by atoms with Crippen molar-refractivity contribution in [1.82, 2.24) is 5.32 Å². The second-order valence-electron chi connectivity index (χ2n) is 2.79. The zero-order chi connectivity index (χ0) is 8.97. The molecular weight excluding hydrogens is 150 g/mol. The van der Waals surface area contributed by atoms with E-state index < -0.39 is 0 Å². The Hall–Kier alpha value is -1.15. The zero-order valence-electron chi connectivity index (χ0n) is 7.42. The second kappa shape index (κ2) is 4.02. The minimum atomic E-state index is 0.118. The van der Waals surface area contributed by atoms with Crippen molar-refractivity contribution in [2.45, 2.75) is 13.5 Å². The van der Waals surface area contributed by atoms with Gasteiger partial charge in [-0.15, -0.1) is 0 Å². The number of hydrogen-bond donors (Lipinski definition) is 1. The monoisotopic (exact) mass is 163 g/mol. The molecule has 1 aromatic carbocycles. The van der Waals surface area contributed by atoms with Gasteiger partial charge < -0.3 is 5.32 Å². The van der Waals surface area contributed by atoms with E-state index in [0.717, 1.165) is 17.7 Å². The summed E-state index contributed by atoms with van der Waals surface area (Å²) in [4.78, 5) is 11.0. The number of hydrogen-bond acceptors (Lipinski definition) is 2. The van der Waals surface area contributed by atoms with Crippen LogP contribution in [0, 0.1) is 0 Å². The van der Waals surface area contributed by atoms with Crippen molar-refractivity contribution in [2.75, 3.05) is 7.05 Å². The Morgan fingerprint density at radius 3 is 2.83 bits per heavy atom. The van der Waals surface area contributed by atoms with E-state index in [1.807, 2.05) is 31.3 Å². The Labute approximate surface area is 72.6 Å². The summed E-state index contributed by atoms with van der Waals surface area (Å²) >= 11 is 0. The SMILES string of the molecule is CNCc1cccc(C(C)=O)c1. The molecule has 0 aliphatic heterocycles. The van der Waals surface area contributed by atoms with Gasteiger partial charge in [0.05, 0.1) is 0 Å². The lowest BCUT2D eigenvalue weighted by Crippen LogP contribution is -2.05. The fourth-order valence-corrected chi connectivity index (χ4v) is 1.10. The molecule has 2 heteroatoms. The number of nitrogens with one attached hydrogen (secondary N) is 1. The molecule has 0 heterocycles. The molecule has 12 heavy (non-hydrogen) atoms. The summed E-state index contributed by atoms with van der Waals surface area (Å²) < 4.78 is 0. The van der Waals surface area contributed by atoms with Crippen molar-refractivity contribution in [3.63, 3.8) is 0 Å². The third-order valence-electron chi connectivity index (χ3n) is 1.71. The lowest BCUT2D eigenvalue weighted by molar-refractivity contribution is 0.101. The van der Waals surface area contributed by atoms with E-state index in [1.165, 1.54) is 0 Å². The number of rotatable bonds is 3. The van der Waals surface area contributed by atoms with Crippen LogP contribution >= 0.6 is 0 Å². The van der Waals surface area contributed by atoms with E-state index in [2.05, 4.69) is 5.32 Å². The van der Waals surface area contributed by atoms with Crippen LogP contribution in [-0.4, -0.2) is 12.8 Å². The second-order valence-corrected chi connectivity index (χ2v) is 2.79. The van der Waals surface area contributed by atoms with Gasteiger partial charge in [0.25, 0.3) is 0 Å². The van der Waals surface area contributed by atoms with Crippen LogP contribution in [0.2, 0.25) is 0 Å². The van der Waals surface area contributed by atoms with E-state index >= 15 is 0 Å². The lowest BCUT2D eigenvalue weighted by atomic mass is 10.1. The Morgan fingerprint density at radius 1 is 1.50 bits per heavy atom. The minimum Gasteiger partial charge on any atom is -0.316 e. The van der Waals surface area contributed by atoms with Gasteiger partial charge in [-0.25, -0.2) is 0 Å². The fraction of sp³-hybridized carbons (Fsp3) is 0.300. The molecule has 1 aromatic rings. The van der Waals surface area contributed by atoms with Crippen molar-refractivity contribution in [2.24, 2.45) is 0 Å². The molecule has 1 rings (SSSR count). The van der Waals surface area contributed by atoms with Crippen LogP contribution in [0.4, 0.5) is 0 Å². The average Bonchev–Trinajstić information content (AvgIpc) is 2.05. The highest BCUT2D eigenvalue weighted by Gasteiger charge is 1.98. The first-order valence-corrected chi connectivity index (χ1v) is 3.98. The molecule has 0 aliphatic carbocycles. The quantitative estimate of drug-likeness (QED) is 0.686. The van der Waals surface area contributed by atoms with E-state index in [4.69, 9.17) is 0 Å². The first-order chi connectivity index (χ1) is 5.74. The maximum absolute atomic E-state index is 11.0. The van der Waals surface area contributed by atoms with Gasteiger partial charge in [0.2, 0.25) is 0 Å². The summed E-state index contributed by atoms with van der Waals surface area (Å²) in [6, 6.07) is 7.66. The number of ketones is 1. The minimum absolute atomic E-state index is 0.118. The van der Waals surface area contributed by atoms with Crippen LogP contribution < -0.4 is 5.32 Å². The van der Waals surface area contributed by atoms with Gasteiger partial charge in [0.1, 0.15) is 0 Å². The van der Waals surface area contributed by atoms with Gasteiger partial charge in [-0.2, -0.15) is 0 Å². The molecule has 1 N–H and O–H groups in total. The van der Waals surface area contributed by atoms with E-state index in [0.29, 0.717) is 0 Å².